The summed E-state index contributed by atoms with van der Waals surface area (Å²) >= 11 is 0. The van der Waals surface area contributed by atoms with Gasteiger partial charge >= 0.3 is 5.97 Å². The maximum absolute atomic E-state index is 13.5. The molecule has 1 spiro atoms. The predicted molar refractivity (Wildman–Crippen MR) is 96.6 cm³/mol. The highest BCUT2D eigenvalue weighted by Gasteiger charge is 2.61. The number of fused-ring (bicyclic) bond motifs is 1. The first-order chi connectivity index (χ1) is 12.9. The molecule has 6 heteroatoms. The van der Waals surface area contributed by atoms with Crippen LogP contribution in [0.3, 0.4) is 0 Å². The molecule has 3 aliphatic rings. The average Bonchev–Trinajstić information content (AvgIpc) is 3.15. The molecule has 0 bridgehead atoms. The minimum Gasteiger partial charge on any atom is -0.515 e. The van der Waals surface area contributed by atoms with Gasteiger partial charge in [0.25, 0.3) is 0 Å². The number of hydrogen-bond acceptors (Lipinski definition) is 5. The maximum atomic E-state index is 13.5. The molecule has 0 radical (unpaired) electrons. The van der Waals surface area contributed by atoms with Crippen LogP contribution < -0.4 is 0 Å². The number of ketones is 1. The third-order valence-electron chi connectivity index (χ3n) is 6.80. The summed E-state index contributed by atoms with van der Waals surface area (Å²) in [5.41, 5.74) is 0.644. The van der Waals surface area contributed by atoms with Gasteiger partial charge in [0.15, 0.2) is 11.6 Å². The number of allylic oxidation sites excluding steroid dienone is 1. The maximum Gasteiger partial charge on any atom is 0.335 e. The molecule has 2 N–H and O–H groups in total. The van der Waals surface area contributed by atoms with E-state index in [0.29, 0.717) is 38.0 Å². The van der Waals surface area contributed by atoms with E-state index in [4.69, 9.17) is 9.47 Å². The first-order valence-electron chi connectivity index (χ1n) is 9.44. The van der Waals surface area contributed by atoms with E-state index in [1.165, 1.54) is 0 Å². The molecule has 1 aromatic rings. The van der Waals surface area contributed by atoms with E-state index >= 15 is 0 Å². The lowest BCUT2D eigenvalue weighted by Gasteiger charge is -2.55. The zero-order valence-electron chi connectivity index (χ0n) is 15.3. The van der Waals surface area contributed by atoms with Gasteiger partial charge in [0, 0.05) is 17.9 Å². The van der Waals surface area contributed by atoms with Crippen molar-refractivity contribution in [1.29, 1.82) is 0 Å². The van der Waals surface area contributed by atoms with Crippen LogP contribution in [0.1, 0.15) is 48.5 Å². The molecule has 1 aromatic carbocycles. The monoisotopic (exact) mass is 372 g/mol. The number of aliphatic hydroxyl groups is 1. The van der Waals surface area contributed by atoms with Crippen molar-refractivity contribution in [2.75, 3.05) is 13.2 Å². The van der Waals surface area contributed by atoms with Crippen LogP contribution in [0.4, 0.5) is 0 Å². The fourth-order valence-electron chi connectivity index (χ4n) is 5.41. The highest BCUT2D eigenvalue weighted by Crippen LogP contribution is 2.58. The number of hydrogen-bond donors (Lipinski definition) is 2. The molecule has 3 atom stereocenters. The van der Waals surface area contributed by atoms with Crippen molar-refractivity contribution in [2.24, 2.45) is 11.8 Å². The Morgan fingerprint density at radius 3 is 2.44 bits per heavy atom. The number of aliphatic hydroxyl groups excluding tert-OH is 1. The minimum atomic E-state index is -0.995. The van der Waals surface area contributed by atoms with E-state index in [0.717, 1.165) is 18.2 Å². The Morgan fingerprint density at radius 1 is 1.19 bits per heavy atom. The van der Waals surface area contributed by atoms with E-state index < -0.39 is 17.2 Å². The number of carbonyl (C=O) groups is 2. The normalized spacial score (nSPS) is 34.0. The van der Waals surface area contributed by atoms with Crippen molar-refractivity contribution in [1.82, 2.24) is 0 Å². The Labute approximate surface area is 157 Å². The van der Waals surface area contributed by atoms with Gasteiger partial charge in [-0.15, -0.1) is 0 Å². The first kappa shape index (κ1) is 18.2. The Kier molecular flexibility index (Phi) is 4.35. The van der Waals surface area contributed by atoms with Gasteiger partial charge in [0.1, 0.15) is 0 Å². The number of benzene rings is 1. The van der Waals surface area contributed by atoms with Crippen LogP contribution in [0, 0.1) is 11.8 Å². The Balaban J connectivity index is 1.81. The number of carboxylic acid groups (broad SMARTS) is 1. The van der Waals surface area contributed by atoms with Crippen molar-refractivity contribution in [3.8, 4) is 0 Å². The van der Waals surface area contributed by atoms with E-state index in [2.05, 4.69) is 6.92 Å². The van der Waals surface area contributed by atoms with Gasteiger partial charge in [-0.25, -0.2) is 4.79 Å². The second kappa shape index (κ2) is 6.46. The van der Waals surface area contributed by atoms with Crippen molar-refractivity contribution >= 4 is 11.8 Å². The third-order valence-corrected chi connectivity index (χ3v) is 6.80. The van der Waals surface area contributed by atoms with E-state index in [1.54, 1.807) is 24.3 Å². The first-order valence-corrected chi connectivity index (χ1v) is 9.44. The summed E-state index contributed by atoms with van der Waals surface area (Å²) in [4.78, 5) is 24.7. The Bertz CT molecular complexity index is 789. The molecule has 144 valence electrons. The van der Waals surface area contributed by atoms with Crippen molar-refractivity contribution < 1.29 is 29.3 Å². The smallest absolute Gasteiger partial charge is 0.335 e. The van der Waals surface area contributed by atoms with Crippen LogP contribution in [-0.2, 0) is 19.7 Å². The number of carbonyl (C=O) groups excluding carboxylic acids is 1. The molecular weight excluding hydrogens is 348 g/mol. The van der Waals surface area contributed by atoms with Crippen LogP contribution >= 0.6 is 0 Å². The van der Waals surface area contributed by atoms with Gasteiger partial charge in [-0.2, -0.15) is 0 Å². The molecule has 0 aromatic heterocycles. The molecular formula is C21H24O6. The third kappa shape index (κ3) is 2.54. The fraction of sp³-hybridized carbons (Fsp3) is 0.524. The predicted octanol–water partition coefficient (Wildman–Crippen LogP) is 3.22. The summed E-state index contributed by atoms with van der Waals surface area (Å²) in [6.45, 7) is 3.21. The molecule has 27 heavy (non-hydrogen) atoms. The van der Waals surface area contributed by atoms with Crippen LogP contribution in [-0.4, -0.2) is 41.0 Å². The highest BCUT2D eigenvalue weighted by atomic mass is 16.7. The molecule has 1 saturated heterocycles. The topological polar surface area (TPSA) is 93.1 Å². The van der Waals surface area contributed by atoms with Crippen molar-refractivity contribution in [3.05, 3.63) is 47.2 Å². The van der Waals surface area contributed by atoms with Gasteiger partial charge in [0.05, 0.1) is 30.5 Å². The van der Waals surface area contributed by atoms with Crippen LogP contribution in [0.5, 0.6) is 0 Å². The summed E-state index contributed by atoms with van der Waals surface area (Å²) < 4.78 is 12.0. The fourth-order valence-corrected chi connectivity index (χ4v) is 5.41. The summed E-state index contributed by atoms with van der Waals surface area (Å²) in [5, 5.41) is 18.8. The number of rotatable bonds is 2. The number of Topliss-reactive ketones (excluding diaryl/α,β-unsaturated/α-hetero) is 1. The number of carboxylic acids is 1. The molecule has 1 heterocycles. The second-order valence-corrected chi connectivity index (χ2v) is 7.78. The summed E-state index contributed by atoms with van der Waals surface area (Å²) in [7, 11) is 0. The lowest BCUT2D eigenvalue weighted by molar-refractivity contribution is -0.234. The zero-order chi connectivity index (χ0) is 19.2. The Morgan fingerprint density at radius 2 is 1.85 bits per heavy atom. The average molecular weight is 372 g/mol. The number of ether oxygens (including phenoxy) is 2. The van der Waals surface area contributed by atoms with Crippen molar-refractivity contribution in [3.63, 3.8) is 0 Å². The highest BCUT2D eigenvalue weighted by molar-refractivity contribution is 6.04. The molecule has 4 rings (SSSR count). The molecule has 0 amide bonds. The largest absolute Gasteiger partial charge is 0.515 e. The van der Waals surface area contributed by atoms with Gasteiger partial charge in [-0.3, -0.25) is 4.79 Å². The second-order valence-electron chi connectivity index (χ2n) is 7.78. The molecule has 1 aliphatic heterocycles. The molecule has 0 unspecified atom stereocenters. The summed E-state index contributed by atoms with van der Waals surface area (Å²) in [5.74, 6) is -1.70. The lowest BCUT2D eigenvalue weighted by Crippen LogP contribution is -2.59. The lowest BCUT2D eigenvalue weighted by atomic mass is 9.51. The molecule has 2 aliphatic carbocycles. The van der Waals surface area contributed by atoms with E-state index in [9.17, 15) is 19.8 Å². The van der Waals surface area contributed by atoms with Crippen LogP contribution in [0.2, 0.25) is 0 Å². The van der Waals surface area contributed by atoms with E-state index in [1.807, 2.05) is 0 Å². The van der Waals surface area contributed by atoms with Crippen LogP contribution in [0.25, 0.3) is 0 Å². The summed E-state index contributed by atoms with van der Waals surface area (Å²) in [6, 6.07) is 6.59. The van der Waals surface area contributed by atoms with Gasteiger partial charge in [-0.05, 0) is 42.9 Å². The zero-order valence-corrected chi connectivity index (χ0v) is 15.3. The van der Waals surface area contributed by atoms with Gasteiger partial charge in [-0.1, -0.05) is 19.1 Å². The van der Waals surface area contributed by atoms with Crippen LogP contribution in [0.15, 0.2) is 36.1 Å². The standard InChI is InChI=1S/C21H24O6/c1-13-17-7-4-15(12-22)18(23)20(17,8-9-21(13)26-10-11-27-21)16-5-2-14(3-6-16)19(24)25/h2-3,5-6,12-13,17,22H,4,7-11H2,1H3,(H,24,25)/b15-12-/t13-,17-,20+/m0/s1. The van der Waals surface area contributed by atoms with Gasteiger partial charge < -0.3 is 19.7 Å². The Hall–Kier alpha value is -2.18. The quantitative estimate of drug-likeness (QED) is 0.612. The number of aromatic carboxylic acids is 1. The summed E-state index contributed by atoms with van der Waals surface area (Å²) in [6.07, 6.45) is 3.34. The SMILES string of the molecule is C[C@H]1[C@@H]2CC/C(=C/O)C(=O)[C@@]2(c2ccc(C(=O)O)cc2)CCC12OCCO2. The molecule has 6 nitrogen and oxygen atoms in total. The van der Waals surface area contributed by atoms with Gasteiger partial charge in [0.2, 0.25) is 0 Å². The minimum absolute atomic E-state index is 0.00349. The van der Waals surface area contributed by atoms with E-state index in [-0.39, 0.29) is 23.2 Å². The molecule has 3 fully saturated rings. The van der Waals surface area contributed by atoms with Crippen molar-refractivity contribution in [2.45, 2.75) is 43.8 Å². The molecule has 2 saturated carbocycles.